The largest absolute Gasteiger partial charge is 0.400 e. The highest BCUT2D eigenvalue weighted by Gasteiger charge is 2.35. The molecule has 0 amide bonds. The fourth-order valence-corrected chi connectivity index (χ4v) is 2.81. The van der Waals surface area contributed by atoms with E-state index in [4.69, 9.17) is 34.8 Å². The molecule has 0 spiro atoms. The van der Waals surface area contributed by atoms with Crippen LogP contribution < -0.4 is 5.32 Å². The Morgan fingerprint density at radius 3 is 2.30 bits per heavy atom. The summed E-state index contributed by atoms with van der Waals surface area (Å²) in [7, 11) is 0. The number of carbonyl (C=O) groups is 1. The Hall–Kier alpha value is -2.22. The molecule has 0 radical (unpaired) electrons. The molecule has 0 atom stereocenters. The number of hydrogen-bond acceptors (Lipinski definition) is 5. The standard InChI is InChI=1S/C17H10Cl3F2N3O2/c18-11-2-1-3-12(19)14(11)23-8-13(26)9-4-6-10(7-5-9)15-24-16(27-25-15)17(20,21)22/h1-7,23H,8H2. The van der Waals surface area contributed by atoms with Crippen LogP contribution in [0.3, 0.4) is 0 Å². The molecule has 0 bridgehead atoms. The minimum absolute atomic E-state index is 0.0341. The Labute approximate surface area is 167 Å². The zero-order valence-electron chi connectivity index (χ0n) is 13.3. The number of alkyl halides is 3. The number of nitrogens with one attached hydrogen (secondary N) is 1. The molecule has 140 valence electrons. The van der Waals surface area contributed by atoms with E-state index in [2.05, 4.69) is 20.0 Å². The van der Waals surface area contributed by atoms with Crippen molar-refractivity contribution in [3.63, 3.8) is 0 Å². The lowest BCUT2D eigenvalue weighted by molar-refractivity contribution is 0.0551. The maximum Gasteiger partial charge on any atom is 0.400 e. The molecule has 1 N–H and O–H groups in total. The summed E-state index contributed by atoms with van der Waals surface area (Å²) in [6.07, 6.45) is 0. The van der Waals surface area contributed by atoms with Gasteiger partial charge in [0.05, 0.1) is 22.3 Å². The van der Waals surface area contributed by atoms with E-state index in [0.29, 0.717) is 26.9 Å². The van der Waals surface area contributed by atoms with Gasteiger partial charge in [-0.15, -0.1) is 0 Å². The molecule has 10 heteroatoms. The van der Waals surface area contributed by atoms with E-state index in [9.17, 15) is 13.6 Å². The van der Waals surface area contributed by atoms with Crippen molar-refractivity contribution in [3.8, 4) is 11.4 Å². The number of anilines is 1. The molecular formula is C17H10Cl3F2N3O2. The average Bonchev–Trinajstić information content (AvgIpc) is 3.12. The number of ketones is 1. The van der Waals surface area contributed by atoms with Crippen LogP contribution in [-0.4, -0.2) is 22.5 Å². The van der Waals surface area contributed by atoms with E-state index in [1.807, 2.05) is 0 Å². The number of hydrogen-bond donors (Lipinski definition) is 1. The minimum Gasteiger partial charge on any atom is -0.375 e. The summed E-state index contributed by atoms with van der Waals surface area (Å²) in [6.45, 7) is -0.0341. The van der Waals surface area contributed by atoms with Crippen molar-refractivity contribution in [2.45, 2.75) is 5.38 Å². The Balaban J connectivity index is 1.70. The summed E-state index contributed by atoms with van der Waals surface area (Å²) in [5, 5.41) is 3.39. The van der Waals surface area contributed by atoms with Gasteiger partial charge in [-0.1, -0.05) is 58.7 Å². The second-order valence-corrected chi connectivity index (χ2v) is 6.66. The molecule has 3 rings (SSSR count). The molecular weight excluding hydrogens is 423 g/mol. The third kappa shape index (κ3) is 4.55. The minimum atomic E-state index is -3.74. The van der Waals surface area contributed by atoms with Crippen molar-refractivity contribution in [1.29, 1.82) is 0 Å². The van der Waals surface area contributed by atoms with Gasteiger partial charge in [0.1, 0.15) is 0 Å². The molecule has 3 aromatic rings. The lowest BCUT2D eigenvalue weighted by Gasteiger charge is -2.09. The van der Waals surface area contributed by atoms with Crippen molar-refractivity contribution in [1.82, 2.24) is 10.1 Å². The molecule has 0 unspecified atom stereocenters. The molecule has 5 nitrogen and oxygen atoms in total. The number of para-hydroxylation sites is 1. The van der Waals surface area contributed by atoms with Gasteiger partial charge in [0.25, 0.3) is 0 Å². The zero-order chi connectivity index (χ0) is 19.6. The number of nitrogens with zero attached hydrogens (tertiary/aromatic N) is 2. The highest BCUT2D eigenvalue weighted by molar-refractivity contribution is 6.39. The zero-order valence-corrected chi connectivity index (χ0v) is 15.6. The van der Waals surface area contributed by atoms with Crippen LogP contribution in [0.2, 0.25) is 10.0 Å². The topological polar surface area (TPSA) is 68.0 Å². The number of Topliss-reactive ketones (excluding diaryl/α,β-unsaturated/α-hetero) is 1. The normalized spacial score (nSPS) is 11.4. The summed E-state index contributed by atoms with van der Waals surface area (Å²) in [5.41, 5.74) is 1.25. The van der Waals surface area contributed by atoms with Crippen LogP contribution in [-0.2, 0) is 5.38 Å². The summed E-state index contributed by atoms with van der Waals surface area (Å²) >= 11 is 16.9. The van der Waals surface area contributed by atoms with Crippen molar-refractivity contribution in [3.05, 3.63) is 64.0 Å². The molecule has 0 saturated carbocycles. The van der Waals surface area contributed by atoms with Gasteiger partial charge >= 0.3 is 11.3 Å². The first-order chi connectivity index (χ1) is 12.8. The van der Waals surface area contributed by atoms with Crippen LogP contribution >= 0.6 is 34.8 Å². The first kappa shape index (κ1) is 19.5. The highest BCUT2D eigenvalue weighted by Crippen LogP contribution is 2.32. The Bertz CT molecular complexity index is 952. The van der Waals surface area contributed by atoms with Crippen LogP contribution in [0.15, 0.2) is 47.0 Å². The number of aromatic nitrogens is 2. The van der Waals surface area contributed by atoms with Crippen molar-refractivity contribution in [2.75, 3.05) is 11.9 Å². The molecule has 1 heterocycles. The van der Waals surface area contributed by atoms with Crippen LogP contribution in [0.1, 0.15) is 16.2 Å². The third-order valence-corrected chi connectivity index (χ3v) is 4.31. The molecule has 0 fully saturated rings. The van der Waals surface area contributed by atoms with E-state index in [1.54, 1.807) is 18.2 Å². The predicted molar refractivity (Wildman–Crippen MR) is 98.8 cm³/mol. The Morgan fingerprint density at radius 2 is 1.74 bits per heavy atom. The molecule has 1 aromatic heterocycles. The van der Waals surface area contributed by atoms with E-state index in [1.165, 1.54) is 24.3 Å². The van der Waals surface area contributed by atoms with Gasteiger partial charge in [-0.05, 0) is 23.7 Å². The van der Waals surface area contributed by atoms with Crippen LogP contribution in [0.25, 0.3) is 11.4 Å². The fourth-order valence-electron chi connectivity index (χ4n) is 2.20. The van der Waals surface area contributed by atoms with Crippen molar-refractivity contribution >= 4 is 46.3 Å². The van der Waals surface area contributed by atoms with Crippen LogP contribution in [0, 0.1) is 0 Å². The number of carbonyl (C=O) groups excluding carboxylic acids is 1. The first-order valence-corrected chi connectivity index (χ1v) is 8.61. The third-order valence-electron chi connectivity index (χ3n) is 3.52. The second-order valence-electron chi connectivity index (χ2n) is 5.37. The van der Waals surface area contributed by atoms with E-state index in [-0.39, 0.29) is 18.2 Å². The molecule has 2 aromatic carbocycles. The monoisotopic (exact) mass is 431 g/mol. The van der Waals surface area contributed by atoms with E-state index < -0.39 is 11.3 Å². The maximum absolute atomic E-state index is 12.9. The van der Waals surface area contributed by atoms with Gasteiger partial charge in [0, 0.05) is 11.1 Å². The fraction of sp³-hybridized carbons (Fsp3) is 0.118. The SMILES string of the molecule is O=C(CNc1c(Cl)cccc1Cl)c1ccc(-c2noc(C(F)(F)Cl)n2)cc1. The summed E-state index contributed by atoms with van der Waals surface area (Å²) < 4.78 is 30.3. The number of benzene rings is 2. The quantitative estimate of drug-likeness (QED) is 0.404. The van der Waals surface area contributed by atoms with Gasteiger partial charge in [-0.2, -0.15) is 13.8 Å². The van der Waals surface area contributed by atoms with Crippen LogP contribution in [0.4, 0.5) is 14.5 Å². The molecule has 0 aliphatic heterocycles. The van der Waals surface area contributed by atoms with Gasteiger partial charge < -0.3 is 9.84 Å². The lowest BCUT2D eigenvalue weighted by Crippen LogP contribution is -2.14. The predicted octanol–water partition coefficient (Wildman–Crippen LogP) is 5.63. The maximum atomic E-state index is 12.9. The van der Waals surface area contributed by atoms with E-state index >= 15 is 0 Å². The Morgan fingerprint density at radius 1 is 1.11 bits per heavy atom. The van der Waals surface area contributed by atoms with Crippen molar-refractivity contribution in [2.24, 2.45) is 0 Å². The first-order valence-electron chi connectivity index (χ1n) is 7.48. The second kappa shape index (κ2) is 7.80. The van der Waals surface area contributed by atoms with E-state index in [0.717, 1.165) is 0 Å². The summed E-state index contributed by atoms with van der Waals surface area (Å²) in [5.74, 6) is -1.29. The van der Waals surface area contributed by atoms with Gasteiger partial charge in [-0.3, -0.25) is 4.79 Å². The average molecular weight is 433 g/mol. The lowest BCUT2D eigenvalue weighted by atomic mass is 10.1. The smallest absolute Gasteiger partial charge is 0.375 e. The van der Waals surface area contributed by atoms with Crippen LogP contribution in [0.5, 0.6) is 0 Å². The van der Waals surface area contributed by atoms with Gasteiger partial charge in [0.2, 0.25) is 5.82 Å². The number of rotatable bonds is 6. The number of halogens is 5. The molecule has 0 aliphatic rings. The van der Waals surface area contributed by atoms with Gasteiger partial charge in [-0.25, -0.2) is 0 Å². The summed E-state index contributed by atoms with van der Waals surface area (Å²) in [4.78, 5) is 15.8. The summed E-state index contributed by atoms with van der Waals surface area (Å²) in [6, 6.07) is 11.1. The highest BCUT2D eigenvalue weighted by atomic mass is 35.5. The molecule has 0 saturated heterocycles. The molecule has 0 aliphatic carbocycles. The Kier molecular flexibility index (Phi) is 5.64. The van der Waals surface area contributed by atoms with Gasteiger partial charge in [0.15, 0.2) is 5.78 Å². The molecule has 27 heavy (non-hydrogen) atoms. The van der Waals surface area contributed by atoms with Crippen molar-refractivity contribution < 1.29 is 18.1 Å².